The van der Waals surface area contributed by atoms with E-state index in [1.54, 1.807) is 18.7 Å². The fraction of sp³-hybridized carbons (Fsp3) is 0.417. The summed E-state index contributed by atoms with van der Waals surface area (Å²) in [5.74, 6) is -2.32. The van der Waals surface area contributed by atoms with Gasteiger partial charge in [0.1, 0.15) is 5.82 Å². The fourth-order valence-corrected chi connectivity index (χ4v) is 2.11. The molecule has 0 heterocycles. The van der Waals surface area contributed by atoms with Gasteiger partial charge in [-0.1, -0.05) is 0 Å². The number of nitrogens with zero attached hydrogens (tertiary/aromatic N) is 1. The minimum Gasteiger partial charge on any atom is -0.349 e. The van der Waals surface area contributed by atoms with E-state index in [0.717, 1.165) is 5.75 Å². The molecule has 110 valence electrons. The van der Waals surface area contributed by atoms with Gasteiger partial charge in [0.05, 0.1) is 16.6 Å². The summed E-state index contributed by atoms with van der Waals surface area (Å²) in [6, 6.07) is 0.758. The predicted molar refractivity (Wildman–Crippen MR) is 72.9 cm³/mol. The smallest absolute Gasteiger partial charge is 0.307 e. The number of benzene rings is 1. The number of hydrogen-bond acceptors (Lipinski definition) is 4. The Bertz CT molecular complexity index is 526. The summed E-state index contributed by atoms with van der Waals surface area (Å²) in [4.78, 5) is 21.2. The Balaban J connectivity index is 2.89. The van der Waals surface area contributed by atoms with E-state index in [0.29, 0.717) is 18.6 Å². The van der Waals surface area contributed by atoms with Crippen LogP contribution in [0.3, 0.4) is 0 Å². The zero-order valence-electron chi connectivity index (χ0n) is 11.0. The second-order valence-corrected chi connectivity index (χ2v) is 5.18. The Kier molecular flexibility index (Phi) is 5.87. The molecule has 8 heteroatoms. The third-order valence-electron chi connectivity index (χ3n) is 2.61. The van der Waals surface area contributed by atoms with Crippen molar-refractivity contribution < 1.29 is 18.5 Å². The van der Waals surface area contributed by atoms with Crippen LogP contribution >= 0.6 is 11.8 Å². The number of carbonyl (C=O) groups excluding carboxylic acids is 1. The normalized spacial score (nSPS) is 12.0. The number of amides is 1. The molecule has 0 bridgehead atoms. The molecule has 0 saturated carbocycles. The van der Waals surface area contributed by atoms with Crippen molar-refractivity contribution in [1.82, 2.24) is 5.32 Å². The van der Waals surface area contributed by atoms with E-state index >= 15 is 0 Å². The van der Waals surface area contributed by atoms with Crippen LogP contribution in [0.15, 0.2) is 12.1 Å². The fourth-order valence-electron chi connectivity index (χ4n) is 1.52. The monoisotopic (exact) mass is 304 g/mol. The Hall–Kier alpha value is -1.70. The minimum absolute atomic E-state index is 0.201. The molecule has 5 nitrogen and oxygen atoms in total. The van der Waals surface area contributed by atoms with Crippen molar-refractivity contribution in [2.24, 2.45) is 0 Å². The maximum atomic E-state index is 13.6. The van der Waals surface area contributed by atoms with Gasteiger partial charge in [-0.15, -0.1) is 0 Å². The second-order valence-electron chi connectivity index (χ2n) is 4.20. The molecule has 1 unspecified atom stereocenters. The maximum Gasteiger partial charge on any atom is 0.307 e. The zero-order chi connectivity index (χ0) is 15.3. The second kappa shape index (κ2) is 7.18. The van der Waals surface area contributed by atoms with Gasteiger partial charge in [0, 0.05) is 6.04 Å². The average Bonchev–Trinajstić information content (AvgIpc) is 2.38. The van der Waals surface area contributed by atoms with Crippen molar-refractivity contribution in [2.45, 2.75) is 19.4 Å². The van der Waals surface area contributed by atoms with E-state index in [2.05, 4.69) is 5.32 Å². The zero-order valence-corrected chi connectivity index (χ0v) is 11.8. The number of thioether (sulfide) groups is 1. The number of carbonyl (C=O) groups is 1. The van der Waals surface area contributed by atoms with E-state index in [1.165, 1.54) is 0 Å². The molecule has 0 aliphatic carbocycles. The molecule has 1 rings (SSSR count). The minimum atomic E-state index is -1.24. The quantitative estimate of drug-likeness (QED) is 0.648. The topological polar surface area (TPSA) is 72.2 Å². The van der Waals surface area contributed by atoms with Crippen LogP contribution in [-0.2, 0) is 0 Å². The first-order chi connectivity index (χ1) is 9.36. The Morgan fingerprint density at radius 3 is 2.65 bits per heavy atom. The molecule has 0 radical (unpaired) electrons. The number of halogens is 2. The first kappa shape index (κ1) is 16.4. The molecule has 1 N–H and O–H groups in total. The number of rotatable bonds is 6. The molecular formula is C12H14F2N2O3S. The summed E-state index contributed by atoms with van der Waals surface area (Å²) in [5.41, 5.74) is -1.53. The van der Waals surface area contributed by atoms with E-state index in [1.807, 2.05) is 6.26 Å². The first-order valence-corrected chi connectivity index (χ1v) is 7.19. The lowest BCUT2D eigenvalue weighted by Gasteiger charge is -2.13. The molecule has 0 spiro atoms. The Morgan fingerprint density at radius 1 is 1.45 bits per heavy atom. The number of nitro groups is 1. The van der Waals surface area contributed by atoms with Gasteiger partial charge in [0.2, 0.25) is 5.82 Å². The van der Waals surface area contributed by atoms with Gasteiger partial charge in [-0.05, 0) is 31.4 Å². The largest absolute Gasteiger partial charge is 0.349 e. The van der Waals surface area contributed by atoms with Gasteiger partial charge in [0.15, 0.2) is 0 Å². The van der Waals surface area contributed by atoms with Crippen LogP contribution in [0.5, 0.6) is 0 Å². The van der Waals surface area contributed by atoms with Crippen molar-refractivity contribution in [1.29, 1.82) is 0 Å². The van der Waals surface area contributed by atoms with Crippen LogP contribution in [0.4, 0.5) is 14.5 Å². The summed E-state index contributed by atoms with van der Waals surface area (Å²) in [6.07, 6.45) is 2.60. The molecule has 0 fully saturated rings. The predicted octanol–water partition coefficient (Wildman–Crippen LogP) is 2.74. The highest BCUT2D eigenvalue weighted by atomic mass is 32.2. The molecule has 1 amide bonds. The lowest BCUT2D eigenvalue weighted by Crippen LogP contribution is -2.33. The van der Waals surface area contributed by atoms with Gasteiger partial charge < -0.3 is 5.32 Å². The van der Waals surface area contributed by atoms with Crippen LogP contribution < -0.4 is 5.32 Å². The molecular weight excluding hydrogens is 290 g/mol. The molecule has 20 heavy (non-hydrogen) atoms. The van der Waals surface area contributed by atoms with Gasteiger partial charge in [-0.2, -0.15) is 16.2 Å². The molecule has 0 aliphatic heterocycles. The lowest BCUT2D eigenvalue weighted by molar-refractivity contribution is -0.387. The number of nitro benzene ring substituents is 1. The van der Waals surface area contributed by atoms with E-state index in [4.69, 9.17) is 0 Å². The molecule has 1 aromatic carbocycles. The van der Waals surface area contributed by atoms with Crippen LogP contribution in [0, 0.1) is 21.7 Å². The molecule has 1 atom stereocenters. The average molecular weight is 304 g/mol. The highest BCUT2D eigenvalue weighted by Crippen LogP contribution is 2.21. The van der Waals surface area contributed by atoms with E-state index in [9.17, 15) is 23.7 Å². The SMILES string of the molecule is CSCCC(C)NC(=O)c1cc(F)c([N+](=O)[O-])cc1F. The van der Waals surface area contributed by atoms with Gasteiger partial charge in [0.25, 0.3) is 5.91 Å². The van der Waals surface area contributed by atoms with Crippen molar-refractivity contribution in [3.8, 4) is 0 Å². The summed E-state index contributed by atoms with van der Waals surface area (Å²) in [5, 5.41) is 13.0. The van der Waals surface area contributed by atoms with Gasteiger partial charge in [-0.25, -0.2) is 4.39 Å². The van der Waals surface area contributed by atoms with E-state index < -0.39 is 33.7 Å². The lowest BCUT2D eigenvalue weighted by atomic mass is 10.1. The Morgan fingerprint density at radius 2 is 2.10 bits per heavy atom. The van der Waals surface area contributed by atoms with Crippen molar-refractivity contribution in [3.63, 3.8) is 0 Å². The first-order valence-electron chi connectivity index (χ1n) is 5.80. The number of hydrogen-bond donors (Lipinski definition) is 1. The Labute approximate surface area is 118 Å². The summed E-state index contributed by atoms with van der Waals surface area (Å²) < 4.78 is 27.0. The van der Waals surface area contributed by atoms with Crippen molar-refractivity contribution >= 4 is 23.4 Å². The maximum absolute atomic E-state index is 13.6. The summed E-state index contributed by atoms with van der Waals surface area (Å²) in [7, 11) is 0. The van der Waals surface area contributed by atoms with Gasteiger partial charge in [-0.3, -0.25) is 14.9 Å². The third-order valence-corrected chi connectivity index (χ3v) is 3.25. The standard InChI is InChI=1S/C12H14F2N2O3S/c1-7(3-4-20-2)15-12(17)8-5-10(14)11(16(18)19)6-9(8)13/h5-7H,3-4H2,1-2H3,(H,15,17). The van der Waals surface area contributed by atoms with E-state index in [-0.39, 0.29) is 6.04 Å². The van der Waals surface area contributed by atoms with Crippen LogP contribution in [0.2, 0.25) is 0 Å². The van der Waals surface area contributed by atoms with Crippen LogP contribution in [0.25, 0.3) is 0 Å². The molecule has 0 aliphatic rings. The molecule has 0 saturated heterocycles. The van der Waals surface area contributed by atoms with Crippen LogP contribution in [-0.4, -0.2) is 28.9 Å². The molecule has 1 aromatic rings. The van der Waals surface area contributed by atoms with Crippen molar-refractivity contribution in [2.75, 3.05) is 12.0 Å². The summed E-state index contributed by atoms with van der Waals surface area (Å²) >= 11 is 1.60. The highest BCUT2D eigenvalue weighted by Gasteiger charge is 2.22. The highest BCUT2D eigenvalue weighted by molar-refractivity contribution is 7.98. The molecule has 0 aromatic heterocycles. The van der Waals surface area contributed by atoms with Crippen LogP contribution in [0.1, 0.15) is 23.7 Å². The number of nitrogens with one attached hydrogen (secondary N) is 1. The third kappa shape index (κ3) is 4.16. The summed E-state index contributed by atoms with van der Waals surface area (Å²) in [6.45, 7) is 1.74. The van der Waals surface area contributed by atoms with Crippen molar-refractivity contribution in [3.05, 3.63) is 39.4 Å². The van der Waals surface area contributed by atoms with Gasteiger partial charge >= 0.3 is 5.69 Å².